The van der Waals surface area contributed by atoms with Crippen molar-refractivity contribution in [3.8, 4) is 62.5 Å². The second-order valence-electron chi connectivity index (χ2n) is 18.1. The Kier molecular flexibility index (Phi) is 15.0. The van der Waals surface area contributed by atoms with Gasteiger partial charge < -0.3 is 28.1 Å². The number of methoxy groups -OCH3 is 1. The number of hydrogen-bond donors (Lipinski definition) is 2. The topological polar surface area (TPSA) is 180 Å². The third kappa shape index (κ3) is 11.4. The van der Waals surface area contributed by atoms with Crippen LogP contribution in [0.15, 0.2) is 252 Å². The van der Waals surface area contributed by atoms with Crippen molar-refractivity contribution in [1.29, 1.82) is 0 Å². The van der Waals surface area contributed by atoms with Gasteiger partial charge in [0.2, 0.25) is 0 Å². The van der Waals surface area contributed by atoms with E-state index in [0.717, 1.165) is 51.8 Å². The lowest BCUT2D eigenvalue weighted by Crippen LogP contribution is -2.26. The fraction of sp³-hybridized carbons (Fsp3) is 0.0323. The van der Waals surface area contributed by atoms with Crippen LogP contribution >= 0.6 is 14.3 Å². The highest BCUT2D eigenvalue weighted by molar-refractivity contribution is 7.87. The van der Waals surface area contributed by atoms with Crippen LogP contribution in [0.5, 0.6) is 40.2 Å². The molecule has 12 nitrogen and oxygen atoms in total. The highest BCUT2D eigenvalue weighted by Crippen LogP contribution is 2.46. The molecule has 0 aliphatic rings. The third-order valence-corrected chi connectivity index (χ3v) is 20.8. The molecule has 0 saturated carbocycles. The zero-order valence-corrected chi connectivity index (χ0v) is 45.2. The highest BCUT2D eigenvalue weighted by atomic mass is 32.2. The molecule has 0 bridgehead atoms. The summed E-state index contributed by atoms with van der Waals surface area (Å²) >= 11 is 0. The molecule has 0 saturated heterocycles. The van der Waals surface area contributed by atoms with E-state index in [0.29, 0.717) is 38.9 Å². The average Bonchev–Trinajstić information content (AvgIpc) is 3.46. The van der Waals surface area contributed by atoms with Gasteiger partial charge in [-0.1, -0.05) is 121 Å². The molecule has 0 aromatic heterocycles. The van der Waals surface area contributed by atoms with Gasteiger partial charge in [0.05, 0.1) is 12.0 Å². The second kappa shape index (κ2) is 22.0. The van der Waals surface area contributed by atoms with E-state index in [-0.39, 0.29) is 27.4 Å². The summed E-state index contributed by atoms with van der Waals surface area (Å²) in [6, 6.07) is 69.1. The number of benzene rings is 10. The molecule has 2 unspecified atom stereocenters. The molecule has 0 radical (unpaired) electrons. The molecule has 0 fully saturated rings. The Morgan fingerprint density at radius 2 is 0.692 bits per heavy atom. The van der Waals surface area contributed by atoms with Gasteiger partial charge in [0.1, 0.15) is 45.1 Å². The molecule has 10 rings (SSSR count). The van der Waals surface area contributed by atoms with Crippen molar-refractivity contribution in [3.63, 3.8) is 0 Å². The van der Waals surface area contributed by atoms with Gasteiger partial charge in [-0.15, -0.1) is 0 Å². The summed E-state index contributed by atoms with van der Waals surface area (Å²) in [6.07, 6.45) is 0. The smallest absolute Gasteiger partial charge is 0.298 e. The van der Waals surface area contributed by atoms with Crippen molar-refractivity contribution in [3.05, 3.63) is 248 Å². The van der Waals surface area contributed by atoms with E-state index in [1.165, 1.54) is 24.3 Å². The van der Waals surface area contributed by atoms with Crippen molar-refractivity contribution in [2.45, 2.75) is 16.7 Å². The van der Waals surface area contributed by atoms with Gasteiger partial charge in [-0.25, -0.2) is 0 Å². The van der Waals surface area contributed by atoms with E-state index in [4.69, 9.17) is 18.9 Å². The molecule has 2 atom stereocenters. The maximum absolute atomic E-state index is 15.3. The average molecular weight is 1110 g/mol. The van der Waals surface area contributed by atoms with Crippen LogP contribution in [-0.4, -0.2) is 33.1 Å². The number of aryl methyl sites for hydroxylation is 1. The summed E-state index contributed by atoms with van der Waals surface area (Å²) in [5, 5.41) is 2.17. The molecule has 0 aliphatic heterocycles. The van der Waals surface area contributed by atoms with Gasteiger partial charge in [0.25, 0.3) is 20.2 Å². The monoisotopic (exact) mass is 1110 g/mol. The molecule has 10 aromatic rings. The first-order valence-corrected chi connectivity index (χ1v) is 30.5. The summed E-state index contributed by atoms with van der Waals surface area (Å²) in [4.78, 5) is -1.16. The summed E-state index contributed by atoms with van der Waals surface area (Å²) in [5.41, 5.74) is 4.58. The Morgan fingerprint density at radius 3 is 1.12 bits per heavy atom. The number of hydrogen-bond acceptors (Lipinski definition) is 10. The van der Waals surface area contributed by atoms with Crippen molar-refractivity contribution < 1.29 is 54.0 Å². The Labute approximate surface area is 452 Å². The third-order valence-electron chi connectivity index (χ3n) is 13.0. The van der Waals surface area contributed by atoms with Crippen molar-refractivity contribution >= 4 is 66.3 Å². The fourth-order valence-electron chi connectivity index (χ4n) is 8.88. The Balaban J connectivity index is 0.826. The normalized spacial score (nSPS) is 13.1. The molecule has 0 amide bonds. The van der Waals surface area contributed by atoms with Crippen LogP contribution in [0.1, 0.15) is 5.56 Å². The highest BCUT2D eigenvalue weighted by Gasteiger charge is 2.34. The molecule has 2 N–H and O–H groups in total. The van der Waals surface area contributed by atoms with E-state index < -0.39 is 44.3 Å². The standard InChI is InChI=1S/C62H48O12P2S2/c1-43-11-33-55(34-12-43)76(64,58-9-6-10-60(41-58)77(65,66)67)59-39-40-61(62(42-59)78(68,69)70)74-53-27-19-47(20-28-53)46-17-25-50(26-18-46)73-52-31-37-57(38-32-52)75(63,54-7-4-3-5-8-54)56-35-29-51(30-36-56)72-49-23-15-45(16-24-49)44-13-21-48(71-2)22-14-44/h3-42H,1-2H3,(H,65,66,67)(H,68,69,70). The minimum absolute atomic E-state index is 0.00373. The van der Waals surface area contributed by atoms with Crippen LogP contribution < -0.4 is 50.8 Å². The zero-order valence-electron chi connectivity index (χ0n) is 41.8. The van der Waals surface area contributed by atoms with Gasteiger partial charge in [0, 0.05) is 31.8 Å². The lowest BCUT2D eigenvalue weighted by Gasteiger charge is -2.22. The van der Waals surface area contributed by atoms with Crippen LogP contribution in [0.2, 0.25) is 0 Å². The van der Waals surface area contributed by atoms with E-state index >= 15 is 9.13 Å². The molecule has 390 valence electrons. The molecule has 0 heterocycles. The Morgan fingerprint density at radius 1 is 0.346 bits per heavy atom. The Hall–Kier alpha value is -8.32. The van der Waals surface area contributed by atoms with Crippen LogP contribution in [0, 0.1) is 6.92 Å². The van der Waals surface area contributed by atoms with Crippen LogP contribution in [0.3, 0.4) is 0 Å². The summed E-state index contributed by atoms with van der Waals surface area (Å²) in [5.74, 6) is 3.14. The van der Waals surface area contributed by atoms with Crippen molar-refractivity contribution in [2.75, 3.05) is 7.11 Å². The second-order valence-corrected chi connectivity index (χ2v) is 26.4. The van der Waals surface area contributed by atoms with Crippen LogP contribution in [-0.2, 0) is 29.4 Å². The van der Waals surface area contributed by atoms with Gasteiger partial charge in [0.15, 0.2) is 14.3 Å². The first-order valence-electron chi connectivity index (χ1n) is 24.2. The Bertz CT molecular complexity index is 4100. The maximum Gasteiger partial charge on any atom is 0.298 e. The molecule has 10 aromatic carbocycles. The van der Waals surface area contributed by atoms with Crippen molar-refractivity contribution in [1.82, 2.24) is 0 Å². The van der Waals surface area contributed by atoms with Gasteiger partial charge in [-0.2, -0.15) is 16.8 Å². The number of ether oxygens (including phenoxy) is 4. The van der Waals surface area contributed by atoms with E-state index in [2.05, 4.69) is 0 Å². The van der Waals surface area contributed by atoms with Gasteiger partial charge in [-0.3, -0.25) is 9.11 Å². The number of rotatable bonds is 17. The van der Waals surface area contributed by atoms with E-state index in [1.54, 1.807) is 67.8 Å². The fourth-order valence-corrected chi connectivity index (χ4v) is 15.5. The first-order chi connectivity index (χ1) is 37.5. The lowest BCUT2D eigenvalue weighted by atomic mass is 10.1. The van der Waals surface area contributed by atoms with Crippen LogP contribution in [0.4, 0.5) is 0 Å². The molecule has 78 heavy (non-hydrogen) atoms. The molecular weight excluding hydrogens is 1060 g/mol. The minimum atomic E-state index is -4.98. The SMILES string of the molecule is COc1ccc(-c2ccc(Oc3ccc(P(=O)(c4ccccc4)c4ccc(Oc5ccc(-c6ccc(Oc7ccc(P(=O)(c8ccc(C)cc8)c8cccc(S(=O)(=O)O)c8)cc7S(=O)(=O)O)cc6)cc5)cc4)cc3)cc2)cc1. The molecule has 16 heteroatoms. The van der Waals surface area contributed by atoms with Crippen LogP contribution in [0.25, 0.3) is 22.3 Å². The largest absolute Gasteiger partial charge is 0.497 e. The molecular formula is C62H48O12P2S2. The summed E-state index contributed by atoms with van der Waals surface area (Å²) in [7, 11) is -15.4. The summed E-state index contributed by atoms with van der Waals surface area (Å²) in [6.45, 7) is 1.83. The molecule has 0 aliphatic carbocycles. The first kappa shape index (κ1) is 53.1. The minimum Gasteiger partial charge on any atom is -0.497 e. The maximum atomic E-state index is 15.3. The summed E-state index contributed by atoms with van der Waals surface area (Å²) < 4.78 is 125. The van der Waals surface area contributed by atoms with E-state index in [1.807, 2.05) is 146 Å². The predicted octanol–water partition coefficient (Wildman–Crippen LogP) is 12.5. The zero-order chi connectivity index (χ0) is 54.7. The molecule has 0 spiro atoms. The van der Waals surface area contributed by atoms with Crippen molar-refractivity contribution in [2.24, 2.45) is 0 Å². The van der Waals surface area contributed by atoms with E-state index in [9.17, 15) is 25.9 Å². The predicted molar refractivity (Wildman–Crippen MR) is 307 cm³/mol. The van der Waals surface area contributed by atoms with Gasteiger partial charge in [-0.05, 0) is 157 Å². The lowest BCUT2D eigenvalue weighted by molar-refractivity contribution is 0.415. The quantitative estimate of drug-likeness (QED) is 0.0652. The van der Waals surface area contributed by atoms with Gasteiger partial charge >= 0.3 is 0 Å².